The van der Waals surface area contributed by atoms with Crippen LogP contribution in [-0.2, 0) is 6.54 Å². The first-order valence-electron chi connectivity index (χ1n) is 9.83. The van der Waals surface area contributed by atoms with Gasteiger partial charge in [-0.2, -0.15) is 11.8 Å². The van der Waals surface area contributed by atoms with Gasteiger partial charge in [0.05, 0.1) is 6.54 Å². The number of aliphatic imine (C=N–C) groups is 1. The topological polar surface area (TPSA) is 68.8 Å². The second-order valence-electron chi connectivity index (χ2n) is 6.97. The zero-order chi connectivity index (χ0) is 19.6. The number of amides is 2. The first-order chi connectivity index (χ1) is 13.0. The van der Waals surface area contributed by atoms with Gasteiger partial charge in [0.2, 0.25) is 0 Å². The largest absolute Gasteiger partial charge is 0.357 e. The van der Waals surface area contributed by atoms with Crippen molar-refractivity contribution in [2.75, 3.05) is 30.7 Å². The van der Waals surface area contributed by atoms with Crippen molar-refractivity contribution in [2.45, 2.75) is 52.0 Å². The van der Waals surface area contributed by atoms with Crippen molar-refractivity contribution < 1.29 is 4.79 Å². The number of hydrogen-bond donors (Lipinski definition) is 3. The van der Waals surface area contributed by atoms with Gasteiger partial charge in [-0.05, 0) is 44.9 Å². The summed E-state index contributed by atoms with van der Waals surface area (Å²) >= 11 is 2.06. The van der Waals surface area contributed by atoms with Crippen molar-refractivity contribution in [3.05, 3.63) is 29.8 Å². The molecule has 150 valence electrons. The van der Waals surface area contributed by atoms with Gasteiger partial charge in [-0.3, -0.25) is 0 Å². The molecule has 0 aromatic heterocycles. The van der Waals surface area contributed by atoms with E-state index in [1.54, 1.807) is 0 Å². The second-order valence-corrected chi connectivity index (χ2v) is 8.38. The quantitative estimate of drug-likeness (QED) is 0.513. The fraction of sp³-hybridized carbons (Fsp3) is 0.600. The van der Waals surface area contributed by atoms with E-state index in [4.69, 9.17) is 4.99 Å². The number of nitrogens with zero attached hydrogens (tertiary/aromatic N) is 2. The van der Waals surface area contributed by atoms with E-state index in [0.717, 1.165) is 42.6 Å². The highest BCUT2D eigenvalue weighted by atomic mass is 32.2. The molecule has 0 radical (unpaired) electrons. The van der Waals surface area contributed by atoms with Crippen molar-refractivity contribution in [1.29, 1.82) is 0 Å². The zero-order valence-corrected chi connectivity index (χ0v) is 17.7. The molecule has 3 N–H and O–H groups in total. The molecule has 1 heterocycles. The van der Waals surface area contributed by atoms with Crippen LogP contribution in [0.4, 0.5) is 10.5 Å². The lowest BCUT2D eigenvalue weighted by Gasteiger charge is -2.34. The maximum Gasteiger partial charge on any atom is 0.319 e. The van der Waals surface area contributed by atoms with Crippen LogP contribution in [0.15, 0.2) is 29.3 Å². The van der Waals surface area contributed by atoms with Gasteiger partial charge in [0.25, 0.3) is 0 Å². The minimum atomic E-state index is -0.182. The van der Waals surface area contributed by atoms with Crippen LogP contribution >= 0.6 is 11.8 Å². The number of rotatable bonds is 6. The summed E-state index contributed by atoms with van der Waals surface area (Å²) in [5, 5.41) is 9.77. The minimum absolute atomic E-state index is 0.114. The van der Waals surface area contributed by atoms with Crippen LogP contribution < -0.4 is 16.0 Å². The van der Waals surface area contributed by atoms with Crippen molar-refractivity contribution in [1.82, 2.24) is 15.5 Å². The van der Waals surface area contributed by atoms with Crippen molar-refractivity contribution in [3.8, 4) is 0 Å². The van der Waals surface area contributed by atoms with E-state index in [-0.39, 0.29) is 12.1 Å². The Morgan fingerprint density at radius 2 is 2.04 bits per heavy atom. The highest BCUT2D eigenvalue weighted by molar-refractivity contribution is 8.00. The van der Waals surface area contributed by atoms with Crippen LogP contribution in [-0.4, -0.2) is 53.6 Å². The van der Waals surface area contributed by atoms with Crippen LogP contribution in [0.1, 0.15) is 39.7 Å². The first-order valence-corrected chi connectivity index (χ1v) is 10.9. The molecule has 1 saturated heterocycles. The van der Waals surface area contributed by atoms with E-state index in [1.807, 2.05) is 38.1 Å². The highest BCUT2D eigenvalue weighted by Crippen LogP contribution is 2.21. The van der Waals surface area contributed by atoms with Crippen molar-refractivity contribution in [2.24, 2.45) is 4.99 Å². The lowest BCUT2D eigenvalue weighted by atomic mass is 10.2. The van der Waals surface area contributed by atoms with E-state index >= 15 is 0 Å². The summed E-state index contributed by atoms with van der Waals surface area (Å²) < 4.78 is 0. The average molecular weight is 392 g/mol. The molecule has 1 aromatic rings. The Balaban J connectivity index is 1.96. The van der Waals surface area contributed by atoms with Crippen LogP contribution in [0, 0.1) is 0 Å². The normalized spacial score (nSPS) is 17.7. The third kappa shape index (κ3) is 7.33. The summed E-state index contributed by atoms with van der Waals surface area (Å²) in [6, 6.07) is 7.80. The molecule has 0 aliphatic carbocycles. The average Bonchev–Trinajstić information content (AvgIpc) is 2.65. The summed E-state index contributed by atoms with van der Waals surface area (Å²) in [5.41, 5.74) is 1.91. The Bertz CT molecular complexity index is 617. The lowest BCUT2D eigenvalue weighted by molar-refractivity contribution is 0.250. The monoisotopic (exact) mass is 391 g/mol. The molecular formula is C20H33N5OS. The molecule has 1 aliphatic rings. The van der Waals surface area contributed by atoms with Crippen LogP contribution in [0.25, 0.3) is 0 Å². The Hall–Kier alpha value is -1.89. The number of nitrogens with one attached hydrogen (secondary N) is 3. The van der Waals surface area contributed by atoms with Gasteiger partial charge in [-0.1, -0.05) is 19.1 Å². The molecule has 1 aromatic carbocycles. The Morgan fingerprint density at radius 1 is 1.30 bits per heavy atom. The van der Waals surface area contributed by atoms with Gasteiger partial charge in [-0.25, -0.2) is 9.79 Å². The summed E-state index contributed by atoms with van der Waals surface area (Å²) in [6.45, 7) is 11.8. The van der Waals surface area contributed by atoms with Crippen LogP contribution in [0.3, 0.4) is 0 Å². The maximum atomic E-state index is 11.8. The molecule has 2 rings (SSSR count). The number of urea groups is 1. The molecule has 0 saturated carbocycles. The number of carbonyl (C=O) groups excluding carboxylic acids is 1. The first kappa shape index (κ1) is 21.4. The maximum absolute atomic E-state index is 11.8. The molecule has 1 unspecified atom stereocenters. The third-order valence-corrected chi connectivity index (χ3v) is 5.64. The third-order valence-electron chi connectivity index (χ3n) is 4.27. The van der Waals surface area contributed by atoms with Gasteiger partial charge in [-0.15, -0.1) is 0 Å². The highest BCUT2D eigenvalue weighted by Gasteiger charge is 2.21. The van der Waals surface area contributed by atoms with E-state index in [9.17, 15) is 4.79 Å². The standard InChI is InChI=1S/C20H33N5OS/c1-5-18-14-25(11-12-27-18)19(21-6-2)22-13-16-7-9-17(10-8-16)24-20(26)23-15(3)4/h7-10,15,18H,5-6,11-14H2,1-4H3,(H,21,22)(H2,23,24,26). The fourth-order valence-corrected chi connectivity index (χ4v) is 4.05. The van der Waals surface area contributed by atoms with E-state index < -0.39 is 0 Å². The smallest absolute Gasteiger partial charge is 0.319 e. The lowest BCUT2D eigenvalue weighted by Crippen LogP contribution is -2.48. The number of guanidine groups is 1. The van der Waals surface area contributed by atoms with Crippen LogP contribution in [0.2, 0.25) is 0 Å². The predicted octanol–water partition coefficient (Wildman–Crippen LogP) is 3.51. The number of hydrogen-bond acceptors (Lipinski definition) is 3. The molecule has 2 amide bonds. The molecule has 1 fully saturated rings. The Morgan fingerprint density at radius 3 is 2.67 bits per heavy atom. The van der Waals surface area contributed by atoms with Gasteiger partial charge in [0.15, 0.2) is 5.96 Å². The Kier molecular flexibility index (Phi) is 8.78. The van der Waals surface area contributed by atoms with Gasteiger partial charge < -0.3 is 20.9 Å². The molecule has 0 bridgehead atoms. The zero-order valence-electron chi connectivity index (χ0n) is 16.9. The van der Waals surface area contributed by atoms with Gasteiger partial charge in [0.1, 0.15) is 0 Å². The molecular weight excluding hydrogens is 358 g/mol. The van der Waals surface area contributed by atoms with E-state index in [1.165, 1.54) is 6.42 Å². The minimum Gasteiger partial charge on any atom is -0.357 e. The van der Waals surface area contributed by atoms with Crippen LogP contribution in [0.5, 0.6) is 0 Å². The van der Waals surface area contributed by atoms with E-state index in [2.05, 4.69) is 46.5 Å². The van der Waals surface area contributed by atoms with Gasteiger partial charge in [0, 0.05) is 42.4 Å². The summed E-state index contributed by atoms with van der Waals surface area (Å²) in [5.74, 6) is 2.15. The fourth-order valence-electron chi connectivity index (χ4n) is 2.87. The summed E-state index contributed by atoms with van der Waals surface area (Å²) in [7, 11) is 0. The second kappa shape index (κ2) is 11.1. The number of anilines is 1. The Labute approximate surface area is 167 Å². The molecule has 27 heavy (non-hydrogen) atoms. The number of benzene rings is 1. The number of thioether (sulfide) groups is 1. The molecule has 1 aliphatic heterocycles. The molecule has 6 nitrogen and oxygen atoms in total. The molecule has 0 spiro atoms. The SMILES string of the molecule is CCNC(=NCc1ccc(NC(=O)NC(C)C)cc1)N1CCSC(CC)C1. The van der Waals surface area contributed by atoms with Crippen molar-refractivity contribution in [3.63, 3.8) is 0 Å². The molecule has 1 atom stereocenters. The van der Waals surface area contributed by atoms with Crippen molar-refractivity contribution >= 4 is 29.4 Å². The molecule has 7 heteroatoms. The number of carbonyl (C=O) groups is 1. The van der Waals surface area contributed by atoms with Gasteiger partial charge >= 0.3 is 6.03 Å². The predicted molar refractivity (Wildman–Crippen MR) is 117 cm³/mol. The summed E-state index contributed by atoms with van der Waals surface area (Å²) in [4.78, 5) is 19.0. The van der Waals surface area contributed by atoms with E-state index in [0.29, 0.717) is 11.8 Å². The summed E-state index contributed by atoms with van der Waals surface area (Å²) in [6.07, 6.45) is 1.19.